The first kappa shape index (κ1) is 13.7. The number of nitrogens with one attached hydrogen (secondary N) is 1. The molecular weight excluding hydrogens is 218 g/mol. The highest BCUT2D eigenvalue weighted by molar-refractivity contribution is 5.87. The van der Waals surface area contributed by atoms with Crippen LogP contribution >= 0.6 is 0 Å². The van der Waals surface area contributed by atoms with Crippen LogP contribution in [0.25, 0.3) is 0 Å². The van der Waals surface area contributed by atoms with Gasteiger partial charge in [-0.1, -0.05) is 12.1 Å². The Morgan fingerprint density at radius 1 is 1.47 bits per heavy atom. The van der Waals surface area contributed by atoms with Crippen LogP contribution in [0.15, 0.2) is 24.3 Å². The number of aliphatic hydroxyl groups is 1. The monoisotopic (exact) mass is 237 g/mol. The second kappa shape index (κ2) is 7.04. The van der Waals surface area contributed by atoms with Crippen molar-refractivity contribution >= 4 is 5.97 Å². The molecule has 0 radical (unpaired) electrons. The van der Waals surface area contributed by atoms with E-state index in [1.54, 1.807) is 18.2 Å². The number of benzene rings is 1. The quantitative estimate of drug-likeness (QED) is 0.674. The van der Waals surface area contributed by atoms with Crippen molar-refractivity contribution in [1.29, 1.82) is 0 Å². The molecule has 0 fully saturated rings. The fraction of sp³-hybridized carbons (Fsp3) is 0.462. The van der Waals surface area contributed by atoms with Gasteiger partial charge in [-0.05, 0) is 37.5 Å². The lowest BCUT2D eigenvalue weighted by atomic mass is 10.1. The van der Waals surface area contributed by atoms with E-state index in [0.717, 1.165) is 18.4 Å². The maximum Gasteiger partial charge on any atom is 0.335 e. The van der Waals surface area contributed by atoms with E-state index in [2.05, 4.69) is 12.2 Å². The van der Waals surface area contributed by atoms with Gasteiger partial charge in [-0.3, -0.25) is 0 Å². The Balaban J connectivity index is 2.46. The molecular formula is C13H19NO3. The molecule has 4 nitrogen and oxygen atoms in total. The Morgan fingerprint density at radius 3 is 2.88 bits per heavy atom. The molecule has 0 saturated heterocycles. The summed E-state index contributed by atoms with van der Waals surface area (Å²) in [5.41, 5.74) is 1.27. The summed E-state index contributed by atoms with van der Waals surface area (Å²) >= 11 is 0. The van der Waals surface area contributed by atoms with Gasteiger partial charge in [0.25, 0.3) is 0 Å². The molecule has 0 aromatic heterocycles. The van der Waals surface area contributed by atoms with Crippen LogP contribution in [0.4, 0.5) is 0 Å². The number of carboxylic acid groups (broad SMARTS) is 1. The maximum atomic E-state index is 10.8. The van der Waals surface area contributed by atoms with Crippen molar-refractivity contribution in [2.45, 2.75) is 32.4 Å². The summed E-state index contributed by atoms with van der Waals surface area (Å²) in [6.07, 6.45) is 1.69. The lowest BCUT2D eigenvalue weighted by molar-refractivity contribution is 0.0696. The summed E-state index contributed by atoms with van der Waals surface area (Å²) in [5.74, 6) is -0.903. The van der Waals surface area contributed by atoms with E-state index in [0.29, 0.717) is 18.2 Å². The average molecular weight is 237 g/mol. The van der Waals surface area contributed by atoms with Crippen molar-refractivity contribution in [1.82, 2.24) is 5.32 Å². The van der Waals surface area contributed by atoms with Gasteiger partial charge >= 0.3 is 5.97 Å². The zero-order chi connectivity index (χ0) is 12.7. The molecule has 1 unspecified atom stereocenters. The molecule has 0 aliphatic rings. The molecule has 3 N–H and O–H groups in total. The van der Waals surface area contributed by atoms with Crippen LogP contribution in [0.1, 0.15) is 35.7 Å². The largest absolute Gasteiger partial charge is 0.478 e. The van der Waals surface area contributed by atoms with Crippen molar-refractivity contribution in [2.24, 2.45) is 0 Å². The lowest BCUT2D eigenvalue weighted by Crippen LogP contribution is -2.25. The van der Waals surface area contributed by atoms with Gasteiger partial charge in [-0.15, -0.1) is 0 Å². The third kappa shape index (κ3) is 4.97. The molecule has 94 valence electrons. The number of hydrogen-bond acceptors (Lipinski definition) is 3. The van der Waals surface area contributed by atoms with Crippen LogP contribution in [0.3, 0.4) is 0 Å². The Labute approximate surface area is 101 Å². The first-order valence-electron chi connectivity index (χ1n) is 5.80. The van der Waals surface area contributed by atoms with Crippen molar-refractivity contribution in [3.05, 3.63) is 35.4 Å². The second-order valence-corrected chi connectivity index (χ2v) is 4.15. The van der Waals surface area contributed by atoms with E-state index in [1.807, 2.05) is 6.07 Å². The minimum Gasteiger partial charge on any atom is -0.478 e. The summed E-state index contributed by atoms with van der Waals surface area (Å²) in [6, 6.07) is 7.22. The molecule has 0 bridgehead atoms. The van der Waals surface area contributed by atoms with Crippen molar-refractivity contribution in [3.8, 4) is 0 Å². The Hall–Kier alpha value is -1.39. The van der Waals surface area contributed by atoms with Crippen LogP contribution in [-0.2, 0) is 6.54 Å². The van der Waals surface area contributed by atoms with Crippen LogP contribution < -0.4 is 5.32 Å². The van der Waals surface area contributed by atoms with Crippen LogP contribution in [0.2, 0.25) is 0 Å². The molecule has 0 aliphatic heterocycles. The van der Waals surface area contributed by atoms with Gasteiger partial charge in [0.2, 0.25) is 0 Å². The third-order valence-electron chi connectivity index (χ3n) is 2.62. The molecule has 0 heterocycles. The summed E-state index contributed by atoms with van der Waals surface area (Å²) in [6.45, 7) is 2.91. The number of aromatic carboxylic acids is 1. The predicted octanol–water partition coefficient (Wildman–Crippen LogP) is 1.64. The molecule has 1 aromatic carbocycles. The minimum atomic E-state index is -0.903. The minimum absolute atomic E-state index is 0.209. The van der Waals surface area contributed by atoms with E-state index in [-0.39, 0.29) is 6.61 Å². The Bertz CT molecular complexity index is 365. The molecule has 1 atom stereocenters. The number of rotatable bonds is 7. The number of carbonyl (C=O) groups is 1. The molecule has 4 heteroatoms. The summed E-state index contributed by atoms with van der Waals surface area (Å²) in [4.78, 5) is 10.8. The highest BCUT2D eigenvalue weighted by Crippen LogP contribution is 2.06. The van der Waals surface area contributed by atoms with E-state index in [4.69, 9.17) is 10.2 Å². The van der Waals surface area contributed by atoms with E-state index >= 15 is 0 Å². The summed E-state index contributed by atoms with van der Waals surface area (Å²) < 4.78 is 0. The van der Waals surface area contributed by atoms with Crippen molar-refractivity contribution in [2.75, 3.05) is 6.61 Å². The average Bonchev–Trinajstić information content (AvgIpc) is 2.34. The number of carboxylic acids is 1. The predicted molar refractivity (Wildman–Crippen MR) is 66.0 cm³/mol. The van der Waals surface area contributed by atoms with Gasteiger partial charge in [0.05, 0.1) is 5.56 Å². The van der Waals surface area contributed by atoms with E-state index in [1.165, 1.54) is 0 Å². The molecule has 17 heavy (non-hydrogen) atoms. The fourth-order valence-corrected chi connectivity index (χ4v) is 1.61. The van der Waals surface area contributed by atoms with Gasteiger partial charge in [0.15, 0.2) is 0 Å². The highest BCUT2D eigenvalue weighted by atomic mass is 16.4. The lowest BCUT2D eigenvalue weighted by Gasteiger charge is -2.13. The SMILES string of the molecule is CC(CCCO)NCc1cccc(C(=O)O)c1. The van der Waals surface area contributed by atoms with E-state index < -0.39 is 5.97 Å². The number of aliphatic hydroxyl groups excluding tert-OH is 1. The van der Waals surface area contributed by atoms with Gasteiger partial charge in [-0.2, -0.15) is 0 Å². The normalized spacial score (nSPS) is 12.4. The zero-order valence-corrected chi connectivity index (χ0v) is 10.0. The molecule has 0 saturated carbocycles. The molecule has 1 aromatic rings. The van der Waals surface area contributed by atoms with Gasteiger partial charge in [0, 0.05) is 19.2 Å². The van der Waals surface area contributed by atoms with Gasteiger partial charge < -0.3 is 15.5 Å². The Kier molecular flexibility index (Phi) is 5.66. The topological polar surface area (TPSA) is 69.6 Å². The summed E-state index contributed by atoms with van der Waals surface area (Å²) in [5, 5.41) is 20.9. The van der Waals surface area contributed by atoms with Crippen LogP contribution in [0.5, 0.6) is 0 Å². The van der Waals surface area contributed by atoms with Crippen molar-refractivity contribution < 1.29 is 15.0 Å². The zero-order valence-electron chi connectivity index (χ0n) is 10.0. The standard InChI is InChI=1S/C13H19NO3/c1-10(4-3-7-15)14-9-11-5-2-6-12(8-11)13(16)17/h2,5-6,8,10,14-15H,3-4,7,9H2,1H3,(H,16,17). The summed E-state index contributed by atoms with van der Waals surface area (Å²) in [7, 11) is 0. The van der Waals surface area contributed by atoms with Gasteiger partial charge in [0.1, 0.15) is 0 Å². The van der Waals surface area contributed by atoms with Crippen LogP contribution in [-0.4, -0.2) is 28.8 Å². The van der Waals surface area contributed by atoms with Gasteiger partial charge in [-0.25, -0.2) is 4.79 Å². The molecule has 0 spiro atoms. The highest BCUT2D eigenvalue weighted by Gasteiger charge is 2.04. The number of hydrogen-bond donors (Lipinski definition) is 3. The first-order valence-corrected chi connectivity index (χ1v) is 5.80. The second-order valence-electron chi connectivity index (χ2n) is 4.15. The molecule has 0 aliphatic carbocycles. The van der Waals surface area contributed by atoms with Crippen molar-refractivity contribution in [3.63, 3.8) is 0 Å². The first-order chi connectivity index (χ1) is 8.13. The van der Waals surface area contributed by atoms with E-state index in [9.17, 15) is 4.79 Å². The van der Waals surface area contributed by atoms with Crippen LogP contribution in [0, 0.1) is 0 Å². The maximum absolute atomic E-state index is 10.8. The Morgan fingerprint density at radius 2 is 2.24 bits per heavy atom. The fourth-order valence-electron chi connectivity index (χ4n) is 1.61. The smallest absolute Gasteiger partial charge is 0.335 e. The molecule has 0 amide bonds. The molecule has 1 rings (SSSR count). The third-order valence-corrected chi connectivity index (χ3v) is 2.62.